The van der Waals surface area contributed by atoms with Crippen molar-refractivity contribution in [3.05, 3.63) is 28.8 Å². The highest BCUT2D eigenvalue weighted by Crippen LogP contribution is 2.35. The molecule has 0 N–H and O–H groups in total. The van der Waals surface area contributed by atoms with Crippen molar-refractivity contribution in [3.8, 4) is 5.75 Å². The lowest BCUT2D eigenvalue weighted by molar-refractivity contribution is 0.0897. The van der Waals surface area contributed by atoms with Crippen LogP contribution in [0.2, 0.25) is 5.02 Å². The van der Waals surface area contributed by atoms with Crippen LogP contribution in [-0.2, 0) is 0 Å². The zero-order chi connectivity index (χ0) is 12.4. The minimum absolute atomic E-state index is 0.166. The maximum atomic E-state index is 12.3. The lowest BCUT2D eigenvalue weighted by atomic mass is 9.89. The lowest BCUT2D eigenvalue weighted by Crippen LogP contribution is -2.17. The van der Waals surface area contributed by atoms with Gasteiger partial charge in [0.1, 0.15) is 5.75 Å². The van der Waals surface area contributed by atoms with Gasteiger partial charge in [0, 0.05) is 11.5 Å². The Balaban J connectivity index is 2.22. The summed E-state index contributed by atoms with van der Waals surface area (Å²) in [7, 11) is 1.57. The van der Waals surface area contributed by atoms with Gasteiger partial charge in [-0.05, 0) is 37.0 Å². The molecule has 0 heterocycles. The summed E-state index contributed by atoms with van der Waals surface area (Å²) in [6.07, 6.45) is 3.31. The third-order valence-corrected chi connectivity index (χ3v) is 3.93. The first-order chi connectivity index (χ1) is 8.13. The van der Waals surface area contributed by atoms with Crippen molar-refractivity contribution in [2.75, 3.05) is 7.11 Å². The van der Waals surface area contributed by atoms with E-state index in [2.05, 4.69) is 6.92 Å². The first-order valence-corrected chi connectivity index (χ1v) is 6.39. The summed E-state index contributed by atoms with van der Waals surface area (Å²) in [5.74, 6) is 1.49. The highest BCUT2D eigenvalue weighted by molar-refractivity contribution is 6.32. The summed E-state index contributed by atoms with van der Waals surface area (Å²) < 4.78 is 5.08. The minimum Gasteiger partial charge on any atom is -0.495 e. The van der Waals surface area contributed by atoms with Gasteiger partial charge in [0.25, 0.3) is 0 Å². The van der Waals surface area contributed by atoms with E-state index in [1.165, 1.54) is 0 Å². The summed E-state index contributed by atoms with van der Waals surface area (Å²) in [4.78, 5) is 12.3. The predicted octanol–water partition coefficient (Wildman–Crippen LogP) is 3.97. The van der Waals surface area contributed by atoms with Crippen LogP contribution in [0.15, 0.2) is 18.2 Å². The monoisotopic (exact) mass is 252 g/mol. The molecule has 0 saturated heterocycles. The molecule has 0 spiro atoms. The van der Waals surface area contributed by atoms with E-state index in [0.717, 1.165) is 19.3 Å². The van der Waals surface area contributed by atoms with Crippen LogP contribution >= 0.6 is 11.6 Å². The van der Waals surface area contributed by atoms with Gasteiger partial charge in [0.05, 0.1) is 12.1 Å². The zero-order valence-corrected chi connectivity index (χ0v) is 11.0. The highest BCUT2D eigenvalue weighted by Gasteiger charge is 2.30. The number of carbonyl (C=O) groups excluding carboxylic acids is 1. The molecule has 92 valence electrons. The van der Waals surface area contributed by atoms with Gasteiger partial charge in [-0.1, -0.05) is 24.9 Å². The van der Waals surface area contributed by atoms with Gasteiger partial charge >= 0.3 is 0 Å². The molecule has 0 aromatic heterocycles. The molecule has 1 saturated carbocycles. The molecule has 3 heteroatoms. The average molecular weight is 253 g/mol. The fraction of sp³-hybridized carbons (Fsp3) is 0.500. The Morgan fingerprint density at radius 2 is 2.18 bits per heavy atom. The molecule has 0 aliphatic heterocycles. The van der Waals surface area contributed by atoms with Crippen LogP contribution in [0.3, 0.4) is 0 Å². The molecule has 1 fully saturated rings. The maximum Gasteiger partial charge on any atom is 0.166 e. The van der Waals surface area contributed by atoms with E-state index >= 15 is 0 Å². The number of ketones is 1. The summed E-state index contributed by atoms with van der Waals surface area (Å²) in [5.41, 5.74) is 0.703. The fourth-order valence-corrected chi connectivity index (χ4v) is 2.83. The van der Waals surface area contributed by atoms with E-state index in [4.69, 9.17) is 16.3 Å². The summed E-state index contributed by atoms with van der Waals surface area (Å²) in [6, 6.07) is 5.28. The van der Waals surface area contributed by atoms with Gasteiger partial charge in [-0.2, -0.15) is 0 Å². The van der Waals surface area contributed by atoms with E-state index in [1.54, 1.807) is 25.3 Å². The summed E-state index contributed by atoms with van der Waals surface area (Å²) >= 11 is 6.04. The fourth-order valence-electron chi connectivity index (χ4n) is 2.57. The Bertz CT molecular complexity index is 428. The summed E-state index contributed by atoms with van der Waals surface area (Å²) in [6.45, 7) is 2.15. The van der Waals surface area contributed by atoms with Gasteiger partial charge in [0.2, 0.25) is 0 Å². The van der Waals surface area contributed by atoms with Crippen LogP contribution in [0.5, 0.6) is 5.75 Å². The predicted molar refractivity (Wildman–Crippen MR) is 68.8 cm³/mol. The standard InChI is InChI=1S/C14H17ClO2/c1-9-4-3-5-11(9)14(16)10-6-7-13(17-2)12(15)8-10/h6-9,11H,3-5H2,1-2H3. The highest BCUT2D eigenvalue weighted by atomic mass is 35.5. The largest absolute Gasteiger partial charge is 0.495 e. The molecule has 0 amide bonds. The number of rotatable bonds is 3. The first kappa shape index (κ1) is 12.4. The van der Waals surface area contributed by atoms with E-state index in [9.17, 15) is 4.79 Å². The van der Waals surface area contributed by atoms with Crippen LogP contribution in [-0.4, -0.2) is 12.9 Å². The normalized spacial score (nSPS) is 23.7. The number of methoxy groups -OCH3 is 1. The van der Waals surface area contributed by atoms with Crippen molar-refractivity contribution in [1.29, 1.82) is 0 Å². The second kappa shape index (κ2) is 5.09. The second-order valence-electron chi connectivity index (χ2n) is 4.73. The van der Waals surface area contributed by atoms with Crippen molar-refractivity contribution in [2.45, 2.75) is 26.2 Å². The third-order valence-electron chi connectivity index (χ3n) is 3.63. The van der Waals surface area contributed by atoms with E-state index in [1.807, 2.05) is 0 Å². The first-order valence-electron chi connectivity index (χ1n) is 6.01. The molecule has 1 aliphatic carbocycles. The Kier molecular flexibility index (Phi) is 3.72. The number of Topliss-reactive ketones (excluding diaryl/α,β-unsaturated/α-hetero) is 1. The van der Waals surface area contributed by atoms with Crippen molar-refractivity contribution >= 4 is 17.4 Å². The summed E-state index contributed by atoms with van der Waals surface area (Å²) in [5, 5.41) is 0.504. The zero-order valence-electron chi connectivity index (χ0n) is 10.2. The number of halogens is 1. The Labute approximate surface area is 107 Å². The quantitative estimate of drug-likeness (QED) is 0.761. The van der Waals surface area contributed by atoms with Crippen molar-refractivity contribution < 1.29 is 9.53 Å². The van der Waals surface area contributed by atoms with Gasteiger partial charge < -0.3 is 4.74 Å². The minimum atomic E-state index is 0.166. The van der Waals surface area contributed by atoms with E-state index < -0.39 is 0 Å². The van der Waals surface area contributed by atoms with Gasteiger partial charge in [0.15, 0.2) is 5.78 Å². The van der Waals surface area contributed by atoms with E-state index in [0.29, 0.717) is 22.3 Å². The van der Waals surface area contributed by atoms with Gasteiger partial charge in [-0.15, -0.1) is 0 Å². The topological polar surface area (TPSA) is 26.3 Å². The molecule has 0 bridgehead atoms. The lowest BCUT2D eigenvalue weighted by Gasteiger charge is -2.14. The van der Waals surface area contributed by atoms with Gasteiger partial charge in [-0.3, -0.25) is 4.79 Å². The molecular weight excluding hydrogens is 236 g/mol. The number of hydrogen-bond donors (Lipinski definition) is 0. The molecule has 0 radical (unpaired) electrons. The van der Waals surface area contributed by atoms with Gasteiger partial charge in [-0.25, -0.2) is 0 Å². The molecule has 1 aliphatic rings. The second-order valence-corrected chi connectivity index (χ2v) is 5.14. The molecule has 2 rings (SSSR count). The Hall–Kier alpha value is -1.02. The van der Waals surface area contributed by atoms with Crippen LogP contribution < -0.4 is 4.74 Å². The maximum absolute atomic E-state index is 12.3. The Morgan fingerprint density at radius 3 is 2.71 bits per heavy atom. The van der Waals surface area contributed by atoms with Crippen molar-refractivity contribution in [1.82, 2.24) is 0 Å². The molecule has 1 aromatic carbocycles. The number of hydrogen-bond acceptors (Lipinski definition) is 2. The van der Waals surface area contributed by atoms with E-state index in [-0.39, 0.29) is 11.7 Å². The van der Waals surface area contributed by atoms with Crippen LogP contribution in [0, 0.1) is 11.8 Å². The van der Waals surface area contributed by atoms with Crippen LogP contribution in [0.4, 0.5) is 0 Å². The number of benzene rings is 1. The van der Waals surface area contributed by atoms with Crippen molar-refractivity contribution in [2.24, 2.45) is 11.8 Å². The smallest absolute Gasteiger partial charge is 0.166 e. The molecule has 2 nitrogen and oxygen atoms in total. The third kappa shape index (κ3) is 2.47. The molecule has 2 unspecified atom stereocenters. The molecule has 2 atom stereocenters. The molecule has 1 aromatic rings. The van der Waals surface area contributed by atoms with Crippen LogP contribution in [0.1, 0.15) is 36.5 Å². The van der Waals surface area contributed by atoms with Crippen molar-refractivity contribution in [3.63, 3.8) is 0 Å². The number of ether oxygens (including phenoxy) is 1. The Morgan fingerprint density at radius 1 is 1.41 bits per heavy atom. The number of carbonyl (C=O) groups is 1. The average Bonchev–Trinajstić information content (AvgIpc) is 2.74. The van der Waals surface area contributed by atoms with Crippen LogP contribution in [0.25, 0.3) is 0 Å². The molecule has 17 heavy (non-hydrogen) atoms. The SMILES string of the molecule is COc1ccc(C(=O)C2CCCC2C)cc1Cl. The molecular formula is C14H17ClO2.